The van der Waals surface area contributed by atoms with Crippen molar-refractivity contribution in [3.8, 4) is 41.2 Å². The molecule has 12 heteroatoms. The molecule has 2 bridgehead atoms. The second kappa shape index (κ2) is 12.0. The van der Waals surface area contributed by atoms with Crippen molar-refractivity contribution in [2.75, 3.05) is 58.5 Å². The highest BCUT2D eigenvalue weighted by Gasteiger charge is 2.40. The summed E-state index contributed by atoms with van der Waals surface area (Å²) in [4.78, 5) is 17.5. The molecule has 3 aliphatic heterocycles. The Morgan fingerprint density at radius 1 is 1.15 bits per heavy atom. The molecule has 0 saturated carbocycles. The fraction of sp³-hybridized carbons (Fsp3) is 0.457. The lowest BCUT2D eigenvalue weighted by atomic mass is 9.73. The molecule has 7 rings (SSSR count). The lowest BCUT2D eigenvalue weighted by molar-refractivity contribution is 0.000321. The largest absolute Gasteiger partial charge is 0.508 e. The highest BCUT2D eigenvalue weighted by atomic mass is 19.1. The summed E-state index contributed by atoms with van der Waals surface area (Å²) in [6.07, 6.45) is 8.01. The van der Waals surface area contributed by atoms with E-state index in [0.717, 1.165) is 12.8 Å². The molecule has 0 spiro atoms. The van der Waals surface area contributed by atoms with Crippen LogP contribution in [0.1, 0.15) is 34.5 Å². The van der Waals surface area contributed by atoms with Gasteiger partial charge < -0.3 is 29.7 Å². The molecule has 0 amide bonds. The number of anilines is 1. The molecule has 5 heterocycles. The molecule has 47 heavy (non-hydrogen) atoms. The molecule has 2 aromatic heterocycles. The topological polar surface area (TPSA) is 95.9 Å². The van der Waals surface area contributed by atoms with Crippen molar-refractivity contribution in [1.82, 2.24) is 25.2 Å². The Hall–Kier alpha value is -4.34. The minimum atomic E-state index is -2.47. The number of hydrogen-bond acceptors (Lipinski definition) is 9. The van der Waals surface area contributed by atoms with E-state index in [1.165, 1.54) is 31.4 Å². The number of nitrogens with one attached hydrogen (secondary N) is 1. The van der Waals surface area contributed by atoms with E-state index in [1.54, 1.807) is 6.92 Å². The van der Waals surface area contributed by atoms with Crippen molar-refractivity contribution in [1.29, 1.82) is 0 Å². The third kappa shape index (κ3) is 5.45. The van der Waals surface area contributed by atoms with Crippen LogP contribution in [0.4, 0.5) is 19.0 Å². The van der Waals surface area contributed by atoms with Gasteiger partial charge in [0.05, 0.1) is 28.6 Å². The number of benzene rings is 2. The lowest BCUT2D eigenvalue weighted by Gasteiger charge is -2.43. The predicted molar refractivity (Wildman–Crippen MR) is 174 cm³/mol. The maximum atomic E-state index is 17.1. The molecule has 0 radical (unpaired) electrons. The lowest BCUT2D eigenvalue weighted by Crippen LogP contribution is -2.51. The Bertz CT molecular complexity index is 2000. The van der Waals surface area contributed by atoms with Crippen molar-refractivity contribution in [3.05, 3.63) is 41.5 Å². The number of terminal acetylenes is 1. The van der Waals surface area contributed by atoms with Gasteiger partial charge in [-0.25, -0.2) is 13.8 Å². The summed E-state index contributed by atoms with van der Waals surface area (Å²) in [7, 11) is 3.20. The Morgan fingerprint density at radius 2 is 1.91 bits per heavy atom. The zero-order chi connectivity index (χ0) is 34.8. The van der Waals surface area contributed by atoms with Crippen LogP contribution in [-0.4, -0.2) is 90.6 Å². The van der Waals surface area contributed by atoms with Crippen LogP contribution >= 0.6 is 0 Å². The van der Waals surface area contributed by atoms with Gasteiger partial charge in [0, 0.05) is 48.1 Å². The fourth-order valence-corrected chi connectivity index (χ4v) is 7.42. The van der Waals surface area contributed by atoms with Gasteiger partial charge in [-0.05, 0) is 62.4 Å². The number of hydrogen-bond donors (Lipinski definition) is 2. The van der Waals surface area contributed by atoms with E-state index in [0.29, 0.717) is 31.4 Å². The Morgan fingerprint density at radius 3 is 2.62 bits per heavy atom. The van der Waals surface area contributed by atoms with Crippen molar-refractivity contribution in [2.45, 2.75) is 38.3 Å². The monoisotopic (exact) mass is 648 g/mol. The summed E-state index contributed by atoms with van der Waals surface area (Å²) in [5, 5.41) is 14.8. The minimum Gasteiger partial charge on any atom is -0.508 e. The smallest absolute Gasteiger partial charge is 0.319 e. The van der Waals surface area contributed by atoms with Crippen LogP contribution in [0.5, 0.6) is 17.6 Å². The number of pyridine rings is 1. The Labute approximate surface area is 273 Å². The quantitative estimate of drug-likeness (QED) is 0.267. The van der Waals surface area contributed by atoms with E-state index in [9.17, 15) is 13.9 Å². The highest BCUT2D eigenvalue weighted by Crippen LogP contribution is 2.43. The molecule has 4 atom stereocenters. The number of piperazine rings is 1. The van der Waals surface area contributed by atoms with Crippen LogP contribution in [-0.2, 0) is 0 Å². The zero-order valence-electron chi connectivity index (χ0n) is 28.4. The molecule has 2 N–H and O–H groups in total. The number of nitrogens with zero attached hydrogens (tertiary/aromatic N) is 5. The molecule has 9 nitrogen and oxygen atoms in total. The summed E-state index contributed by atoms with van der Waals surface area (Å²) < 4.78 is 76.3. The van der Waals surface area contributed by atoms with Crippen LogP contribution < -0.4 is 19.7 Å². The molecule has 0 unspecified atom stereocenters. The van der Waals surface area contributed by atoms with Gasteiger partial charge in [-0.2, -0.15) is 9.97 Å². The number of methoxy groups -OCH3 is 1. The van der Waals surface area contributed by atoms with Crippen molar-refractivity contribution < 1.29 is 30.5 Å². The van der Waals surface area contributed by atoms with E-state index in [4.69, 9.17) is 18.6 Å². The first kappa shape index (κ1) is 28.8. The van der Waals surface area contributed by atoms with Crippen molar-refractivity contribution in [3.63, 3.8) is 0 Å². The number of aromatic hydroxyl groups is 1. The number of rotatable bonds is 7. The fourth-order valence-electron chi connectivity index (χ4n) is 7.42. The van der Waals surface area contributed by atoms with E-state index in [1.807, 2.05) is 16.8 Å². The van der Waals surface area contributed by atoms with Gasteiger partial charge in [-0.15, -0.1) is 6.42 Å². The van der Waals surface area contributed by atoms with Crippen LogP contribution in [0.3, 0.4) is 0 Å². The van der Waals surface area contributed by atoms with Crippen LogP contribution in [0.25, 0.3) is 32.9 Å². The number of piperidine rings is 1. The van der Waals surface area contributed by atoms with Gasteiger partial charge in [0.25, 0.3) is 0 Å². The number of fused-ring (bicyclic) bond motifs is 4. The molecule has 0 aliphatic carbocycles. The van der Waals surface area contributed by atoms with E-state index >= 15 is 4.39 Å². The minimum absolute atomic E-state index is 0.00173. The average Bonchev–Trinajstić information content (AvgIpc) is 3.41. The first-order chi connectivity index (χ1) is 23.4. The van der Waals surface area contributed by atoms with E-state index in [-0.39, 0.29) is 69.2 Å². The summed E-state index contributed by atoms with van der Waals surface area (Å²) in [6, 6.07) is 5.08. The van der Waals surface area contributed by atoms with Gasteiger partial charge in [0.15, 0.2) is 5.82 Å². The Kier molecular flexibility index (Phi) is 7.39. The van der Waals surface area contributed by atoms with Crippen LogP contribution in [0.15, 0.2) is 24.3 Å². The predicted octanol–water partition coefficient (Wildman–Crippen LogP) is 5.07. The van der Waals surface area contributed by atoms with Gasteiger partial charge in [0.1, 0.15) is 34.0 Å². The molecular weight excluding hydrogens is 609 g/mol. The normalized spacial score (nSPS) is 25.5. The van der Waals surface area contributed by atoms with Gasteiger partial charge >= 0.3 is 6.01 Å². The molecule has 2 aromatic carbocycles. The van der Waals surface area contributed by atoms with Crippen LogP contribution in [0.2, 0.25) is 0 Å². The van der Waals surface area contributed by atoms with E-state index in [2.05, 4.69) is 26.2 Å². The molecule has 3 saturated heterocycles. The molecular formula is C35H37F3N6O3. The zero-order valence-corrected chi connectivity index (χ0v) is 26.4. The number of phenolic OH excluding ortho intramolecular Hbond substituents is 1. The average molecular weight is 649 g/mol. The number of alkyl halides is 1. The molecule has 3 fully saturated rings. The summed E-state index contributed by atoms with van der Waals surface area (Å²) in [6.45, 7) is 0.307. The second-order valence-electron chi connectivity index (χ2n) is 13.0. The number of aromatic nitrogens is 3. The summed E-state index contributed by atoms with van der Waals surface area (Å²) in [5.41, 5.74) is -2.05. The first-order valence-corrected chi connectivity index (χ1v) is 15.7. The molecule has 4 aromatic rings. The standard InChI is InChI=1S/C35H37F3N6O3/c1-5-24-26(37)9-6-19-12-23(45)13-25(27(19)24)30-29(38)31-28(33(40-30)46-4)32(44-15-21-7-8-22(16-44)39-21)42-34(41-31)47-18-35(2)17-43(3)11-10-20(35)14-36/h1,6,9,12-13,20-22,39,45H,7-8,10-11,14-18H2,2-4H3/t20-,21-,22+,35+/m1/s1/i18D2. The van der Waals surface area contributed by atoms with Crippen molar-refractivity contribution in [2.24, 2.45) is 11.3 Å². The first-order valence-electron chi connectivity index (χ1n) is 16.7. The van der Waals surface area contributed by atoms with Crippen molar-refractivity contribution >= 4 is 27.5 Å². The summed E-state index contributed by atoms with van der Waals surface area (Å²) >= 11 is 0. The number of halogens is 3. The van der Waals surface area contributed by atoms with Gasteiger partial charge in [-0.3, -0.25) is 4.39 Å². The third-order valence-corrected chi connectivity index (χ3v) is 9.79. The maximum absolute atomic E-state index is 17.1. The number of ether oxygens (including phenoxy) is 2. The number of phenols is 1. The second-order valence-corrected chi connectivity index (χ2v) is 13.0. The van der Waals surface area contributed by atoms with E-state index < -0.39 is 42.2 Å². The Balaban J connectivity index is 1.47. The summed E-state index contributed by atoms with van der Waals surface area (Å²) in [5.74, 6) is -0.0174. The van der Waals surface area contributed by atoms with Gasteiger partial charge in [-0.1, -0.05) is 18.9 Å². The highest BCUT2D eigenvalue weighted by molar-refractivity contribution is 6.04. The molecule has 3 aliphatic rings. The van der Waals surface area contributed by atoms with Gasteiger partial charge in [0.2, 0.25) is 5.88 Å². The maximum Gasteiger partial charge on any atom is 0.319 e. The SMILES string of the molecule is [2H]C([2H])(Oc1nc(N2C[C@H]3CC[C@@H](C2)N3)c2c(OC)nc(-c3cc(O)cc4ccc(F)c(C#C)c34)c(F)c2n1)[C@]1(C)CN(C)CC[C@@H]1CF. The molecule has 246 valence electrons. The van der Waals surface area contributed by atoms with Crippen LogP contribution in [0, 0.1) is 35.3 Å². The third-order valence-electron chi connectivity index (χ3n) is 9.79. The number of likely N-dealkylation sites (tertiary alicyclic amines) is 1.